The minimum atomic E-state index is -0.882. The molecule has 0 aromatic heterocycles. The van der Waals surface area contributed by atoms with Crippen molar-refractivity contribution in [3.8, 4) is 0 Å². The van der Waals surface area contributed by atoms with Crippen molar-refractivity contribution < 1.29 is 9.90 Å². The van der Waals surface area contributed by atoms with Gasteiger partial charge in [0.2, 0.25) is 0 Å². The number of hydrogen-bond donors (Lipinski definition) is 2. The van der Waals surface area contributed by atoms with Gasteiger partial charge in [-0.3, -0.25) is 4.79 Å². The molecular weight excluding hydrogens is 240 g/mol. The second-order valence-corrected chi connectivity index (χ2v) is 5.48. The van der Waals surface area contributed by atoms with Crippen molar-refractivity contribution in [2.45, 2.75) is 32.8 Å². The molecule has 1 rings (SSSR count). The van der Waals surface area contributed by atoms with Gasteiger partial charge in [-0.15, -0.1) is 0 Å². The lowest BCUT2D eigenvalue weighted by molar-refractivity contribution is 0.0368. The molecule has 1 amide bonds. The van der Waals surface area contributed by atoms with Gasteiger partial charge in [0.1, 0.15) is 0 Å². The smallest absolute Gasteiger partial charge is 0.253 e. The van der Waals surface area contributed by atoms with Crippen LogP contribution in [0.3, 0.4) is 0 Å². The van der Waals surface area contributed by atoms with Crippen LogP contribution in [0.4, 0.5) is 5.69 Å². The summed E-state index contributed by atoms with van der Waals surface area (Å²) >= 11 is 0. The third-order valence-electron chi connectivity index (χ3n) is 2.68. The van der Waals surface area contributed by atoms with Crippen LogP contribution in [0.15, 0.2) is 24.3 Å². The highest BCUT2D eigenvalue weighted by molar-refractivity contribution is 5.94. The molecule has 1 aromatic carbocycles. The quantitative estimate of drug-likeness (QED) is 0.829. The number of likely N-dealkylation sites (N-methyl/N-ethyl adjacent to an activating group) is 1. The van der Waals surface area contributed by atoms with Crippen molar-refractivity contribution in [1.29, 1.82) is 0 Å². The van der Waals surface area contributed by atoms with E-state index in [9.17, 15) is 9.90 Å². The van der Waals surface area contributed by atoms with Gasteiger partial charge in [-0.1, -0.05) is 6.92 Å². The van der Waals surface area contributed by atoms with E-state index in [-0.39, 0.29) is 5.91 Å². The number of rotatable bonds is 6. The van der Waals surface area contributed by atoms with Crippen LogP contribution >= 0.6 is 0 Å². The van der Waals surface area contributed by atoms with Crippen LogP contribution in [0.25, 0.3) is 0 Å². The maximum Gasteiger partial charge on any atom is 0.253 e. The number of nitrogens with zero attached hydrogens (tertiary/aromatic N) is 1. The number of anilines is 1. The molecule has 0 unspecified atom stereocenters. The number of benzene rings is 1. The molecule has 106 valence electrons. The summed E-state index contributed by atoms with van der Waals surface area (Å²) in [7, 11) is 1.70. The first kappa shape index (κ1) is 15.5. The highest BCUT2D eigenvalue weighted by Crippen LogP contribution is 2.12. The number of hydrogen-bond acceptors (Lipinski definition) is 3. The molecule has 0 fully saturated rings. The first-order chi connectivity index (χ1) is 8.83. The molecule has 0 aliphatic heterocycles. The maximum atomic E-state index is 12.1. The SMILES string of the molecule is CCCNc1ccc(C(=O)N(C)CC(C)(C)O)cc1. The number of nitrogens with one attached hydrogen (secondary N) is 1. The molecule has 0 bridgehead atoms. The van der Waals surface area contributed by atoms with Crippen LogP contribution in [-0.2, 0) is 0 Å². The lowest BCUT2D eigenvalue weighted by Crippen LogP contribution is -2.39. The molecule has 2 N–H and O–H groups in total. The Kier molecular flexibility index (Phi) is 5.36. The van der Waals surface area contributed by atoms with Crippen LogP contribution < -0.4 is 5.32 Å². The Balaban J connectivity index is 2.67. The van der Waals surface area contributed by atoms with E-state index in [0.29, 0.717) is 12.1 Å². The summed E-state index contributed by atoms with van der Waals surface area (Å²) < 4.78 is 0. The van der Waals surface area contributed by atoms with E-state index >= 15 is 0 Å². The van der Waals surface area contributed by atoms with Crippen LogP contribution in [0.2, 0.25) is 0 Å². The molecule has 4 heteroatoms. The molecule has 0 saturated heterocycles. The van der Waals surface area contributed by atoms with E-state index in [1.807, 2.05) is 12.1 Å². The summed E-state index contributed by atoms with van der Waals surface area (Å²) in [6.45, 7) is 6.72. The molecular formula is C15H24N2O2. The first-order valence-electron chi connectivity index (χ1n) is 6.65. The topological polar surface area (TPSA) is 52.6 Å². The third-order valence-corrected chi connectivity index (χ3v) is 2.68. The van der Waals surface area contributed by atoms with Gasteiger partial charge in [-0.25, -0.2) is 0 Å². The van der Waals surface area contributed by atoms with Crippen LogP contribution in [0.1, 0.15) is 37.6 Å². The molecule has 0 aliphatic rings. The summed E-state index contributed by atoms with van der Waals surface area (Å²) in [5.41, 5.74) is 0.768. The van der Waals surface area contributed by atoms with Crippen molar-refractivity contribution in [1.82, 2.24) is 4.90 Å². The Morgan fingerprint density at radius 3 is 2.37 bits per heavy atom. The van der Waals surface area contributed by atoms with E-state index < -0.39 is 5.60 Å². The first-order valence-corrected chi connectivity index (χ1v) is 6.65. The van der Waals surface area contributed by atoms with Gasteiger partial charge in [-0.05, 0) is 44.5 Å². The summed E-state index contributed by atoms with van der Waals surface area (Å²) in [6, 6.07) is 7.42. The predicted molar refractivity (Wildman–Crippen MR) is 78.5 cm³/mol. The highest BCUT2D eigenvalue weighted by Gasteiger charge is 2.20. The largest absolute Gasteiger partial charge is 0.389 e. The minimum absolute atomic E-state index is 0.0795. The van der Waals surface area contributed by atoms with Crippen molar-refractivity contribution in [2.24, 2.45) is 0 Å². The number of aliphatic hydroxyl groups is 1. The predicted octanol–water partition coefficient (Wildman–Crippen LogP) is 2.35. The fraction of sp³-hybridized carbons (Fsp3) is 0.533. The van der Waals surface area contributed by atoms with Crippen molar-refractivity contribution in [3.63, 3.8) is 0 Å². The second kappa shape index (κ2) is 6.57. The van der Waals surface area contributed by atoms with Gasteiger partial charge in [0, 0.05) is 31.4 Å². The Morgan fingerprint density at radius 1 is 1.32 bits per heavy atom. The molecule has 0 aliphatic carbocycles. The second-order valence-electron chi connectivity index (χ2n) is 5.48. The maximum absolute atomic E-state index is 12.1. The van der Waals surface area contributed by atoms with Gasteiger partial charge in [-0.2, -0.15) is 0 Å². The number of carbonyl (C=O) groups is 1. The van der Waals surface area contributed by atoms with Crippen molar-refractivity contribution in [2.75, 3.05) is 25.5 Å². The third kappa shape index (κ3) is 5.30. The average Bonchev–Trinajstić information content (AvgIpc) is 2.34. The normalized spacial score (nSPS) is 11.2. The monoisotopic (exact) mass is 264 g/mol. The average molecular weight is 264 g/mol. The summed E-state index contributed by atoms with van der Waals surface area (Å²) in [6.07, 6.45) is 1.06. The molecule has 0 heterocycles. The molecule has 0 spiro atoms. The summed E-state index contributed by atoms with van der Waals surface area (Å²) in [5, 5.41) is 13.0. The fourth-order valence-corrected chi connectivity index (χ4v) is 1.87. The summed E-state index contributed by atoms with van der Waals surface area (Å²) in [4.78, 5) is 13.7. The van der Waals surface area contributed by atoms with Gasteiger partial charge < -0.3 is 15.3 Å². The zero-order valence-electron chi connectivity index (χ0n) is 12.2. The Bertz CT molecular complexity index is 407. The lowest BCUT2D eigenvalue weighted by Gasteiger charge is -2.25. The van der Waals surface area contributed by atoms with E-state index in [1.54, 1.807) is 33.0 Å². The molecule has 0 saturated carbocycles. The molecule has 4 nitrogen and oxygen atoms in total. The van der Waals surface area contributed by atoms with Gasteiger partial charge >= 0.3 is 0 Å². The minimum Gasteiger partial charge on any atom is -0.389 e. The Labute approximate surface area is 115 Å². The van der Waals surface area contributed by atoms with Gasteiger partial charge in [0.25, 0.3) is 5.91 Å². The van der Waals surface area contributed by atoms with E-state index in [2.05, 4.69) is 12.2 Å². The van der Waals surface area contributed by atoms with Gasteiger partial charge in [0.15, 0.2) is 0 Å². The van der Waals surface area contributed by atoms with Crippen LogP contribution in [0, 0.1) is 0 Å². The number of amides is 1. The highest BCUT2D eigenvalue weighted by atomic mass is 16.3. The summed E-state index contributed by atoms with van der Waals surface area (Å²) in [5.74, 6) is -0.0795. The lowest BCUT2D eigenvalue weighted by atomic mass is 10.1. The van der Waals surface area contributed by atoms with E-state index in [0.717, 1.165) is 18.7 Å². The Morgan fingerprint density at radius 2 is 1.89 bits per heavy atom. The molecule has 0 atom stereocenters. The fourth-order valence-electron chi connectivity index (χ4n) is 1.87. The molecule has 19 heavy (non-hydrogen) atoms. The zero-order chi connectivity index (χ0) is 14.5. The van der Waals surface area contributed by atoms with E-state index in [1.165, 1.54) is 4.90 Å². The van der Waals surface area contributed by atoms with Gasteiger partial charge in [0.05, 0.1) is 5.60 Å². The molecule has 0 radical (unpaired) electrons. The van der Waals surface area contributed by atoms with Crippen molar-refractivity contribution >= 4 is 11.6 Å². The standard InChI is InChI=1S/C15H24N2O2/c1-5-10-16-13-8-6-12(7-9-13)14(18)17(4)11-15(2,3)19/h6-9,16,19H,5,10-11H2,1-4H3. The zero-order valence-corrected chi connectivity index (χ0v) is 12.2. The van der Waals surface area contributed by atoms with Crippen LogP contribution in [-0.4, -0.2) is 41.7 Å². The van der Waals surface area contributed by atoms with Crippen molar-refractivity contribution in [3.05, 3.63) is 29.8 Å². The Hall–Kier alpha value is -1.55. The van der Waals surface area contributed by atoms with E-state index in [4.69, 9.17) is 0 Å². The van der Waals surface area contributed by atoms with Crippen LogP contribution in [0.5, 0.6) is 0 Å². The molecule has 1 aromatic rings. The number of carbonyl (C=O) groups excluding carboxylic acids is 1.